The zero-order valence-electron chi connectivity index (χ0n) is 13.6. The molecule has 2 fully saturated rings. The third-order valence-corrected chi connectivity index (χ3v) is 4.92. The maximum Gasteiger partial charge on any atom is 0.254 e. The fourth-order valence-electron chi connectivity index (χ4n) is 3.60. The molecule has 2 aliphatic rings. The van der Waals surface area contributed by atoms with Crippen LogP contribution in [0.3, 0.4) is 0 Å². The number of aryl methyl sites for hydroxylation is 1. The van der Waals surface area contributed by atoms with Crippen LogP contribution in [-0.2, 0) is 7.05 Å². The van der Waals surface area contributed by atoms with Crippen LogP contribution >= 0.6 is 12.4 Å². The van der Waals surface area contributed by atoms with Gasteiger partial charge < -0.3 is 15.7 Å². The number of carbonyl (C=O) groups excluding carboxylic acids is 1. The number of aromatic nitrogens is 2. The highest BCUT2D eigenvalue weighted by Crippen LogP contribution is 2.33. The number of hydrogen-bond acceptors (Lipinski definition) is 4. The van der Waals surface area contributed by atoms with Gasteiger partial charge in [0.15, 0.2) is 0 Å². The molecule has 1 aromatic rings. The second-order valence-corrected chi connectivity index (χ2v) is 6.63. The highest BCUT2D eigenvalue weighted by Gasteiger charge is 2.28. The van der Waals surface area contributed by atoms with Crippen molar-refractivity contribution in [3.8, 4) is 0 Å². The quantitative estimate of drug-likeness (QED) is 0.768. The van der Waals surface area contributed by atoms with E-state index in [1.54, 1.807) is 4.68 Å². The number of rotatable bonds is 4. The van der Waals surface area contributed by atoms with Crippen molar-refractivity contribution in [2.24, 2.45) is 13.0 Å². The average molecular weight is 343 g/mol. The van der Waals surface area contributed by atoms with Crippen LogP contribution in [0.1, 0.15) is 54.1 Å². The van der Waals surface area contributed by atoms with Crippen molar-refractivity contribution in [2.45, 2.75) is 44.1 Å². The van der Waals surface area contributed by atoms with E-state index < -0.39 is 0 Å². The maximum absolute atomic E-state index is 12.5. The van der Waals surface area contributed by atoms with Crippen LogP contribution in [0.4, 0.5) is 0 Å². The molecule has 0 spiro atoms. The molecule has 1 amide bonds. The highest BCUT2D eigenvalue weighted by molar-refractivity contribution is 5.95. The Bertz CT molecular complexity index is 528. The Labute approximate surface area is 143 Å². The molecular formula is C16H27ClN4O2. The molecule has 1 aromatic heterocycles. The summed E-state index contributed by atoms with van der Waals surface area (Å²) < 4.78 is 1.74. The molecule has 0 radical (unpaired) electrons. The lowest BCUT2D eigenvalue weighted by molar-refractivity contribution is 0.0925. The first-order chi connectivity index (χ1) is 10.6. The molecule has 0 aromatic carbocycles. The normalized spacial score (nSPS) is 25.1. The van der Waals surface area contributed by atoms with Gasteiger partial charge in [0.05, 0.1) is 17.4 Å². The Kier molecular flexibility index (Phi) is 6.44. The van der Waals surface area contributed by atoms with Crippen molar-refractivity contribution >= 4 is 18.3 Å². The van der Waals surface area contributed by atoms with Crippen LogP contribution in [0.15, 0.2) is 6.20 Å². The molecule has 1 aliphatic heterocycles. The standard InChI is InChI=1S/C16H26N4O2.ClH/c1-20-10-13(15(19-20)11-5-3-2-4-6-11)16(22)18-8-12-7-17-9-14(12)21;/h10-12,14,17,21H,2-9H2,1H3,(H,18,22);1H. The molecule has 2 unspecified atom stereocenters. The van der Waals surface area contributed by atoms with E-state index in [1.165, 1.54) is 19.3 Å². The number of nitrogens with zero attached hydrogens (tertiary/aromatic N) is 2. The fraction of sp³-hybridized carbons (Fsp3) is 0.750. The molecule has 2 atom stereocenters. The van der Waals surface area contributed by atoms with Gasteiger partial charge in [-0.3, -0.25) is 9.48 Å². The van der Waals surface area contributed by atoms with Gasteiger partial charge in [0, 0.05) is 44.7 Å². The molecule has 130 valence electrons. The third kappa shape index (κ3) is 4.25. The highest BCUT2D eigenvalue weighted by atomic mass is 35.5. The van der Waals surface area contributed by atoms with E-state index in [-0.39, 0.29) is 30.3 Å². The predicted octanol–water partition coefficient (Wildman–Crippen LogP) is 1.20. The zero-order valence-corrected chi connectivity index (χ0v) is 14.4. The molecule has 1 aliphatic carbocycles. The first kappa shape index (κ1) is 18.2. The predicted molar refractivity (Wildman–Crippen MR) is 91.0 cm³/mol. The first-order valence-corrected chi connectivity index (χ1v) is 8.35. The molecule has 7 heteroatoms. The minimum Gasteiger partial charge on any atom is -0.391 e. The maximum atomic E-state index is 12.5. The number of halogens is 1. The fourth-order valence-corrected chi connectivity index (χ4v) is 3.60. The summed E-state index contributed by atoms with van der Waals surface area (Å²) in [5.74, 6) is 0.445. The number of aliphatic hydroxyl groups excluding tert-OH is 1. The second-order valence-electron chi connectivity index (χ2n) is 6.63. The van der Waals surface area contributed by atoms with Crippen molar-refractivity contribution in [1.82, 2.24) is 20.4 Å². The summed E-state index contributed by atoms with van der Waals surface area (Å²) >= 11 is 0. The molecule has 0 bridgehead atoms. The lowest BCUT2D eigenvalue weighted by Crippen LogP contribution is -2.34. The minimum atomic E-state index is -0.369. The molecule has 1 saturated carbocycles. The van der Waals surface area contributed by atoms with Gasteiger partial charge >= 0.3 is 0 Å². The molecular weight excluding hydrogens is 316 g/mol. The number of hydrogen-bond donors (Lipinski definition) is 3. The van der Waals surface area contributed by atoms with E-state index >= 15 is 0 Å². The zero-order chi connectivity index (χ0) is 15.5. The van der Waals surface area contributed by atoms with E-state index in [2.05, 4.69) is 15.7 Å². The van der Waals surface area contributed by atoms with Crippen molar-refractivity contribution < 1.29 is 9.90 Å². The van der Waals surface area contributed by atoms with Gasteiger partial charge in [-0.25, -0.2) is 0 Å². The van der Waals surface area contributed by atoms with Gasteiger partial charge in [0.2, 0.25) is 0 Å². The molecule has 3 rings (SSSR count). The van der Waals surface area contributed by atoms with E-state index in [0.29, 0.717) is 24.6 Å². The van der Waals surface area contributed by atoms with Crippen molar-refractivity contribution in [2.75, 3.05) is 19.6 Å². The molecule has 23 heavy (non-hydrogen) atoms. The molecule has 6 nitrogen and oxygen atoms in total. The Hall–Kier alpha value is -1.11. The summed E-state index contributed by atoms with van der Waals surface area (Å²) in [6.07, 6.45) is 7.45. The van der Waals surface area contributed by atoms with Crippen LogP contribution in [-0.4, -0.2) is 46.5 Å². The van der Waals surface area contributed by atoms with Gasteiger partial charge in [0.25, 0.3) is 5.91 Å². The number of nitrogens with one attached hydrogen (secondary N) is 2. The van der Waals surface area contributed by atoms with Crippen molar-refractivity contribution in [3.63, 3.8) is 0 Å². The monoisotopic (exact) mass is 342 g/mol. The van der Waals surface area contributed by atoms with Crippen molar-refractivity contribution in [1.29, 1.82) is 0 Å². The molecule has 1 saturated heterocycles. The van der Waals surface area contributed by atoms with Gasteiger partial charge in [-0.1, -0.05) is 19.3 Å². The third-order valence-electron chi connectivity index (χ3n) is 4.92. The molecule has 2 heterocycles. The van der Waals surface area contributed by atoms with Gasteiger partial charge in [-0.15, -0.1) is 12.4 Å². The Morgan fingerprint density at radius 1 is 1.39 bits per heavy atom. The van der Waals surface area contributed by atoms with Gasteiger partial charge in [-0.05, 0) is 12.8 Å². The smallest absolute Gasteiger partial charge is 0.254 e. The topological polar surface area (TPSA) is 79.2 Å². The van der Waals surface area contributed by atoms with E-state index in [1.807, 2.05) is 13.2 Å². The lowest BCUT2D eigenvalue weighted by atomic mass is 9.85. The minimum absolute atomic E-state index is 0. The summed E-state index contributed by atoms with van der Waals surface area (Å²) in [4.78, 5) is 12.5. The van der Waals surface area contributed by atoms with Crippen LogP contribution in [0.2, 0.25) is 0 Å². The van der Waals surface area contributed by atoms with E-state index in [9.17, 15) is 9.90 Å². The summed E-state index contributed by atoms with van der Waals surface area (Å²) in [5, 5.41) is 20.5. The SMILES string of the molecule is Cl.Cn1cc(C(=O)NCC2CNCC2O)c(C2CCCCC2)n1. The molecule has 3 N–H and O–H groups in total. The summed E-state index contributed by atoms with van der Waals surface area (Å²) in [6.45, 7) is 1.87. The van der Waals surface area contributed by atoms with Crippen LogP contribution in [0, 0.1) is 5.92 Å². The summed E-state index contributed by atoms with van der Waals surface area (Å²) in [5.41, 5.74) is 1.65. The summed E-state index contributed by atoms with van der Waals surface area (Å²) in [7, 11) is 1.87. The summed E-state index contributed by atoms with van der Waals surface area (Å²) in [6, 6.07) is 0. The Balaban J connectivity index is 0.00000192. The largest absolute Gasteiger partial charge is 0.391 e. The average Bonchev–Trinajstić information content (AvgIpc) is 3.11. The number of aliphatic hydroxyl groups is 1. The van der Waals surface area contributed by atoms with Gasteiger partial charge in [-0.2, -0.15) is 5.10 Å². The number of amides is 1. The number of carbonyl (C=O) groups is 1. The Morgan fingerprint density at radius 2 is 2.13 bits per heavy atom. The first-order valence-electron chi connectivity index (χ1n) is 8.35. The van der Waals surface area contributed by atoms with Crippen LogP contribution in [0.25, 0.3) is 0 Å². The second kappa shape index (κ2) is 8.13. The van der Waals surface area contributed by atoms with E-state index in [0.717, 1.165) is 25.1 Å². The van der Waals surface area contributed by atoms with Gasteiger partial charge in [0.1, 0.15) is 0 Å². The van der Waals surface area contributed by atoms with Crippen LogP contribution < -0.4 is 10.6 Å². The number of β-amino-alcohol motifs (C(OH)–C–C–N with tert-alkyl or cyclic N) is 1. The Morgan fingerprint density at radius 3 is 2.78 bits per heavy atom. The van der Waals surface area contributed by atoms with Crippen LogP contribution in [0.5, 0.6) is 0 Å². The van der Waals surface area contributed by atoms with Crippen molar-refractivity contribution in [3.05, 3.63) is 17.5 Å². The lowest BCUT2D eigenvalue weighted by Gasteiger charge is -2.21. The van der Waals surface area contributed by atoms with E-state index in [4.69, 9.17) is 0 Å².